The summed E-state index contributed by atoms with van der Waals surface area (Å²) in [6.07, 6.45) is 1.47. The van der Waals surface area contributed by atoms with Crippen molar-refractivity contribution in [2.75, 3.05) is 12.4 Å². The van der Waals surface area contributed by atoms with Crippen LogP contribution in [0.25, 0.3) is 0 Å². The molecule has 0 saturated carbocycles. The van der Waals surface area contributed by atoms with Gasteiger partial charge in [-0.1, -0.05) is 29.8 Å². The molecule has 2 rings (SSSR count). The second-order valence-electron chi connectivity index (χ2n) is 4.53. The fourth-order valence-corrected chi connectivity index (χ4v) is 2.01. The van der Waals surface area contributed by atoms with Crippen LogP contribution in [0, 0.1) is 6.92 Å². The molecule has 22 heavy (non-hydrogen) atoms. The monoisotopic (exact) mass is 317 g/mol. The van der Waals surface area contributed by atoms with Gasteiger partial charge in [0, 0.05) is 16.3 Å². The van der Waals surface area contributed by atoms with E-state index in [1.54, 1.807) is 25.3 Å². The second-order valence-corrected chi connectivity index (χ2v) is 4.96. The number of methoxy groups -OCH3 is 1. The Morgan fingerprint density at radius 1 is 1.27 bits per heavy atom. The van der Waals surface area contributed by atoms with E-state index in [0.29, 0.717) is 16.3 Å². The highest BCUT2D eigenvalue weighted by Gasteiger charge is 2.03. The van der Waals surface area contributed by atoms with Gasteiger partial charge in [-0.25, -0.2) is 10.2 Å². The summed E-state index contributed by atoms with van der Waals surface area (Å²) in [7, 11) is 1.55. The highest BCUT2D eigenvalue weighted by molar-refractivity contribution is 6.30. The average molecular weight is 318 g/mol. The van der Waals surface area contributed by atoms with E-state index in [4.69, 9.17) is 16.3 Å². The zero-order valence-electron chi connectivity index (χ0n) is 12.3. The summed E-state index contributed by atoms with van der Waals surface area (Å²) in [5.74, 6) is 0.620. The van der Waals surface area contributed by atoms with Crippen LogP contribution < -0.4 is 15.5 Å². The standard InChI is InChI=1S/C16H16ClN3O2/c1-11-5-3-4-6-14(11)19-16(21)20-18-10-12-9-13(17)7-8-15(12)22-2/h3-10H,1-2H3,(H2,19,20,21). The fourth-order valence-electron chi connectivity index (χ4n) is 1.83. The molecule has 0 unspecified atom stereocenters. The number of benzene rings is 2. The molecule has 0 saturated heterocycles. The van der Waals surface area contributed by atoms with Crippen molar-refractivity contribution in [3.8, 4) is 5.75 Å². The van der Waals surface area contributed by atoms with Crippen LogP contribution in [0.1, 0.15) is 11.1 Å². The summed E-state index contributed by atoms with van der Waals surface area (Å²) in [5, 5.41) is 7.17. The van der Waals surface area contributed by atoms with Crippen LogP contribution in [0.3, 0.4) is 0 Å². The topological polar surface area (TPSA) is 62.7 Å². The van der Waals surface area contributed by atoms with Crippen molar-refractivity contribution in [2.24, 2.45) is 5.10 Å². The molecule has 6 heteroatoms. The maximum Gasteiger partial charge on any atom is 0.339 e. The van der Waals surface area contributed by atoms with Gasteiger partial charge >= 0.3 is 6.03 Å². The Morgan fingerprint density at radius 3 is 2.77 bits per heavy atom. The number of aryl methyl sites for hydroxylation is 1. The normalized spacial score (nSPS) is 10.5. The molecule has 0 aromatic heterocycles. The minimum absolute atomic E-state index is 0.424. The van der Waals surface area contributed by atoms with Crippen molar-refractivity contribution >= 4 is 29.5 Å². The van der Waals surface area contributed by atoms with Gasteiger partial charge in [-0.05, 0) is 36.8 Å². The van der Waals surface area contributed by atoms with Gasteiger partial charge in [-0.2, -0.15) is 5.10 Å². The molecule has 0 radical (unpaired) electrons. The van der Waals surface area contributed by atoms with E-state index >= 15 is 0 Å². The molecule has 0 bridgehead atoms. The van der Waals surface area contributed by atoms with Crippen LogP contribution in [0.2, 0.25) is 5.02 Å². The summed E-state index contributed by atoms with van der Waals surface area (Å²) < 4.78 is 5.19. The summed E-state index contributed by atoms with van der Waals surface area (Å²) in [4.78, 5) is 11.8. The smallest absolute Gasteiger partial charge is 0.339 e. The van der Waals surface area contributed by atoms with Crippen molar-refractivity contribution in [1.82, 2.24) is 5.43 Å². The number of amides is 2. The number of hydrazone groups is 1. The molecule has 2 N–H and O–H groups in total. The van der Waals surface area contributed by atoms with Gasteiger partial charge in [0.2, 0.25) is 0 Å². The van der Waals surface area contributed by atoms with Gasteiger partial charge < -0.3 is 10.1 Å². The highest BCUT2D eigenvalue weighted by Crippen LogP contribution is 2.20. The molecular formula is C16H16ClN3O2. The first-order valence-corrected chi connectivity index (χ1v) is 6.97. The number of anilines is 1. The van der Waals surface area contributed by atoms with Crippen LogP contribution in [-0.2, 0) is 0 Å². The van der Waals surface area contributed by atoms with Crippen LogP contribution in [0.15, 0.2) is 47.6 Å². The average Bonchev–Trinajstić information content (AvgIpc) is 2.50. The lowest BCUT2D eigenvalue weighted by Crippen LogP contribution is -2.24. The van der Waals surface area contributed by atoms with E-state index in [2.05, 4.69) is 15.8 Å². The molecule has 0 aliphatic heterocycles. The van der Waals surface area contributed by atoms with Gasteiger partial charge in [0.05, 0.1) is 13.3 Å². The lowest BCUT2D eigenvalue weighted by Gasteiger charge is -2.07. The van der Waals surface area contributed by atoms with Crippen LogP contribution in [0.5, 0.6) is 5.75 Å². The van der Waals surface area contributed by atoms with Gasteiger partial charge in [0.1, 0.15) is 5.75 Å². The number of carbonyl (C=O) groups is 1. The molecule has 2 aromatic carbocycles. The van der Waals surface area contributed by atoms with Crippen molar-refractivity contribution in [2.45, 2.75) is 6.92 Å². The van der Waals surface area contributed by atoms with Crippen molar-refractivity contribution in [1.29, 1.82) is 0 Å². The molecule has 0 spiro atoms. The van der Waals surface area contributed by atoms with Gasteiger partial charge in [-0.15, -0.1) is 0 Å². The van der Waals surface area contributed by atoms with E-state index in [9.17, 15) is 4.79 Å². The Morgan fingerprint density at radius 2 is 2.05 bits per heavy atom. The third-order valence-electron chi connectivity index (χ3n) is 2.95. The summed E-state index contributed by atoms with van der Waals surface area (Å²) in [5.41, 5.74) is 4.77. The van der Waals surface area contributed by atoms with E-state index in [0.717, 1.165) is 11.3 Å². The number of nitrogens with zero attached hydrogens (tertiary/aromatic N) is 1. The molecule has 0 aliphatic rings. The molecule has 2 aromatic rings. The molecule has 2 amide bonds. The number of ether oxygens (including phenoxy) is 1. The number of hydrogen-bond donors (Lipinski definition) is 2. The first-order chi connectivity index (χ1) is 10.6. The predicted molar refractivity (Wildman–Crippen MR) is 88.9 cm³/mol. The number of urea groups is 1. The Kier molecular flexibility index (Phi) is 5.38. The molecule has 0 atom stereocenters. The number of para-hydroxylation sites is 1. The molecule has 0 heterocycles. The zero-order chi connectivity index (χ0) is 15.9. The Labute approximate surface area is 133 Å². The van der Waals surface area contributed by atoms with Crippen LogP contribution in [-0.4, -0.2) is 19.4 Å². The number of carbonyl (C=O) groups excluding carboxylic acids is 1. The molecule has 5 nitrogen and oxygen atoms in total. The summed E-state index contributed by atoms with van der Waals surface area (Å²) in [6.45, 7) is 1.91. The minimum Gasteiger partial charge on any atom is -0.496 e. The summed E-state index contributed by atoms with van der Waals surface area (Å²) in [6, 6.07) is 12.2. The molecule has 114 valence electrons. The number of halogens is 1. The SMILES string of the molecule is COc1ccc(Cl)cc1C=NNC(=O)Nc1ccccc1C. The van der Waals surface area contributed by atoms with Crippen molar-refractivity contribution in [3.05, 3.63) is 58.6 Å². The van der Waals surface area contributed by atoms with E-state index < -0.39 is 6.03 Å². The fraction of sp³-hybridized carbons (Fsp3) is 0.125. The highest BCUT2D eigenvalue weighted by atomic mass is 35.5. The van der Waals surface area contributed by atoms with E-state index in [1.807, 2.05) is 31.2 Å². The maximum atomic E-state index is 11.8. The van der Waals surface area contributed by atoms with Crippen LogP contribution >= 0.6 is 11.6 Å². The molecule has 0 aliphatic carbocycles. The Bertz CT molecular complexity index is 702. The first-order valence-electron chi connectivity index (χ1n) is 6.59. The lowest BCUT2D eigenvalue weighted by molar-refractivity contribution is 0.252. The third kappa shape index (κ3) is 4.23. The quantitative estimate of drug-likeness (QED) is 0.665. The minimum atomic E-state index is -0.424. The Balaban J connectivity index is 1.99. The van der Waals surface area contributed by atoms with Crippen molar-refractivity contribution < 1.29 is 9.53 Å². The Hall–Kier alpha value is -2.53. The first kappa shape index (κ1) is 15.9. The van der Waals surface area contributed by atoms with Gasteiger partial charge in [0.25, 0.3) is 0 Å². The third-order valence-corrected chi connectivity index (χ3v) is 3.19. The van der Waals surface area contributed by atoms with Gasteiger partial charge in [-0.3, -0.25) is 0 Å². The van der Waals surface area contributed by atoms with Crippen molar-refractivity contribution in [3.63, 3.8) is 0 Å². The largest absolute Gasteiger partial charge is 0.496 e. The van der Waals surface area contributed by atoms with E-state index in [1.165, 1.54) is 6.21 Å². The zero-order valence-corrected chi connectivity index (χ0v) is 13.0. The number of nitrogens with one attached hydrogen (secondary N) is 2. The molecular weight excluding hydrogens is 302 g/mol. The second kappa shape index (κ2) is 7.47. The molecule has 0 fully saturated rings. The lowest BCUT2D eigenvalue weighted by atomic mass is 10.2. The maximum absolute atomic E-state index is 11.8. The van der Waals surface area contributed by atoms with Gasteiger partial charge in [0.15, 0.2) is 0 Å². The van der Waals surface area contributed by atoms with Crippen LogP contribution in [0.4, 0.5) is 10.5 Å². The van der Waals surface area contributed by atoms with E-state index in [-0.39, 0.29) is 0 Å². The summed E-state index contributed by atoms with van der Waals surface area (Å²) >= 11 is 5.92. The predicted octanol–water partition coefficient (Wildman–Crippen LogP) is 3.81. The number of hydrogen-bond acceptors (Lipinski definition) is 3. The number of rotatable bonds is 4.